The molecule has 5 nitrogen and oxygen atoms in total. The third-order valence-corrected chi connectivity index (χ3v) is 7.73. The van der Waals surface area contributed by atoms with Crippen LogP contribution in [0, 0.1) is 5.92 Å². The average molecular weight is 449 g/mol. The van der Waals surface area contributed by atoms with E-state index < -0.39 is 10.0 Å². The van der Waals surface area contributed by atoms with Crippen molar-refractivity contribution in [2.75, 3.05) is 18.4 Å². The first-order valence-corrected chi connectivity index (χ1v) is 12.5. The predicted molar refractivity (Wildman–Crippen MR) is 122 cm³/mol. The van der Waals surface area contributed by atoms with E-state index in [1.54, 1.807) is 24.3 Å². The van der Waals surface area contributed by atoms with Gasteiger partial charge in [0.25, 0.3) is 0 Å². The summed E-state index contributed by atoms with van der Waals surface area (Å²) in [4.78, 5) is 13.0. The SMILES string of the molecule is CCc1cccc(CC)c1NC(=O)[C@H]1CCCN(S(=O)(=O)Cc2ccc(Cl)cc2)C1. The summed E-state index contributed by atoms with van der Waals surface area (Å²) in [5, 5.41) is 3.68. The summed E-state index contributed by atoms with van der Waals surface area (Å²) < 4.78 is 27.3. The second kappa shape index (κ2) is 9.94. The fourth-order valence-electron chi connectivity index (χ4n) is 3.92. The highest BCUT2D eigenvalue weighted by Gasteiger charge is 2.32. The van der Waals surface area contributed by atoms with Gasteiger partial charge in [0.05, 0.1) is 11.7 Å². The van der Waals surface area contributed by atoms with Crippen molar-refractivity contribution in [1.29, 1.82) is 0 Å². The number of piperidine rings is 1. The van der Waals surface area contributed by atoms with E-state index in [1.807, 2.05) is 18.2 Å². The first-order valence-electron chi connectivity index (χ1n) is 10.5. The maximum absolute atomic E-state index is 13.0. The van der Waals surface area contributed by atoms with Gasteiger partial charge in [-0.1, -0.05) is 55.8 Å². The summed E-state index contributed by atoms with van der Waals surface area (Å²) >= 11 is 5.89. The first kappa shape index (κ1) is 22.8. The Morgan fingerprint density at radius 3 is 2.33 bits per heavy atom. The van der Waals surface area contributed by atoms with Crippen molar-refractivity contribution >= 4 is 33.2 Å². The van der Waals surface area contributed by atoms with Gasteiger partial charge in [-0.25, -0.2) is 12.7 Å². The van der Waals surface area contributed by atoms with Crippen molar-refractivity contribution in [3.8, 4) is 0 Å². The molecule has 1 saturated heterocycles. The lowest BCUT2D eigenvalue weighted by molar-refractivity contribution is -0.120. The fourth-order valence-corrected chi connectivity index (χ4v) is 5.66. The molecule has 1 aliphatic rings. The van der Waals surface area contributed by atoms with Crippen molar-refractivity contribution in [3.05, 3.63) is 64.2 Å². The van der Waals surface area contributed by atoms with Crippen LogP contribution >= 0.6 is 11.6 Å². The normalized spacial score (nSPS) is 17.6. The van der Waals surface area contributed by atoms with Crippen molar-refractivity contribution in [2.24, 2.45) is 5.92 Å². The lowest BCUT2D eigenvalue weighted by atomic mass is 9.97. The van der Waals surface area contributed by atoms with Crippen molar-refractivity contribution in [2.45, 2.75) is 45.3 Å². The fraction of sp³-hybridized carbons (Fsp3) is 0.435. The Labute approximate surface area is 184 Å². The van der Waals surface area contributed by atoms with Crippen LogP contribution in [0.2, 0.25) is 5.02 Å². The number of halogens is 1. The molecule has 1 N–H and O–H groups in total. The highest BCUT2D eigenvalue weighted by atomic mass is 35.5. The van der Waals surface area contributed by atoms with Crippen LogP contribution in [0.15, 0.2) is 42.5 Å². The summed E-state index contributed by atoms with van der Waals surface area (Å²) in [6.07, 6.45) is 3.02. The van der Waals surface area contributed by atoms with Crippen molar-refractivity contribution in [1.82, 2.24) is 4.31 Å². The Morgan fingerprint density at radius 1 is 1.10 bits per heavy atom. The molecule has 1 fully saturated rings. The van der Waals surface area contributed by atoms with Gasteiger partial charge < -0.3 is 5.32 Å². The van der Waals surface area contributed by atoms with Crippen LogP contribution in [0.5, 0.6) is 0 Å². The van der Waals surface area contributed by atoms with E-state index in [2.05, 4.69) is 19.2 Å². The molecule has 1 amide bonds. The molecule has 0 saturated carbocycles. The number of rotatable bonds is 7. The zero-order chi connectivity index (χ0) is 21.7. The quantitative estimate of drug-likeness (QED) is 0.670. The Hall–Kier alpha value is -1.89. The number of hydrogen-bond donors (Lipinski definition) is 1. The number of nitrogens with one attached hydrogen (secondary N) is 1. The van der Waals surface area contributed by atoms with Crippen LogP contribution in [0.1, 0.15) is 43.4 Å². The lowest BCUT2D eigenvalue weighted by Crippen LogP contribution is -2.44. The predicted octanol–water partition coefficient (Wildman–Crippen LogP) is 4.65. The number of nitrogens with zero attached hydrogens (tertiary/aromatic N) is 1. The minimum absolute atomic E-state index is 0.0862. The molecular formula is C23H29ClN2O3S. The molecule has 3 rings (SSSR count). The van der Waals surface area contributed by atoms with E-state index in [1.165, 1.54) is 4.31 Å². The van der Waals surface area contributed by atoms with E-state index in [9.17, 15) is 13.2 Å². The number of benzene rings is 2. The molecule has 30 heavy (non-hydrogen) atoms. The molecule has 0 bridgehead atoms. The Balaban J connectivity index is 1.71. The van der Waals surface area contributed by atoms with E-state index >= 15 is 0 Å². The van der Waals surface area contributed by atoms with Gasteiger partial charge in [-0.05, 0) is 54.5 Å². The number of aryl methyl sites for hydroxylation is 2. The molecule has 7 heteroatoms. The van der Waals surface area contributed by atoms with Gasteiger partial charge in [-0.3, -0.25) is 4.79 Å². The molecule has 1 atom stereocenters. The summed E-state index contributed by atoms with van der Waals surface area (Å²) in [5.41, 5.74) is 3.78. The average Bonchev–Trinajstić information content (AvgIpc) is 2.75. The van der Waals surface area contributed by atoms with Crippen LogP contribution < -0.4 is 5.32 Å². The number of anilines is 1. The molecule has 0 aromatic heterocycles. The van der Waals surface area contributed by atoms with Gasteiger partial charge in [-0.2, -0.15) is 0 Å². The highest BCUT2D eigenvalue weighted by molar-refractivity contribution is 7.88. The molecule has 0 spiro atoms. The highest BCUT2D eigenvalue weighted by Crippen LogP contribution is 2.26. The number of carbonyl (C=O) groups excluding carboxylic acids is 1. The van der Waals surface area contributed by atoms with Gasteiger partial charge in [0, 0.05) is 23.8 Å². The Kier molecular flexibility index (Phi) is 7.55. The van der Waals surface area contributed by atoms with Gasteiger partial charge in [0.1, 0.15) is 0 Å². The molecule has 2 aromatic rings. The number of sulfonamides is 1. The maximum Gasteiger partial charge on any atom is 0.228 e. The molecular weight excluding hydrogens is 420 g/mol. The summed E-state index contributed by atoms with van der Waals surface area (Å²) in [6.45, 7) is 4.80. The van der Waals surface area contributed by atoms with E-state index in [4.69, 9.17) is 11.6 Å². The molecule has 0 aliphatic carbocycles. The van der Waals surface area contributed by atoms with E-state index in [0.29, 0.717) is 30.0 Å². The van der Waals surface area contributed by atoms with Gasteiger partial charge >= 0.3 is 0 Å². The van der Waals surface area contributed by atoms with Crippen molar-refractivity contribution in [3.63, 3.8) is 0 Å². The molecule has 162 valence electrons. The van der Waals surface area contributed by atoms with Gasteiger partial charge in [0.15, 0.2) is 0 Å². The monoisotopic (exact) mass is 448 g/mol. The molecule has 0 radical (unpaired) electrons. The van der Waals surface area contributed by atoms with Crippen LogP contribution in [0.3, 0.4) is 0 Å². The Morgan fingerprint density at radius 2 is 1.73 bits per heavy atom. The number of hydrogen-bond acceptors (Lipinski definition) is 3. The Bertz CT molecular complexity index is 968. The topological polar surface area (TPSA) is 66.5 Å². The van der Waals surface area contributed by atoms with Crippen molar-refractivity contribution < 1.29 is 13.2 Å². The summed E-state index contributed by atoms with van der Waals surface area (Å²) in [6, 6.07) is 12.9. The summed E-state index contributed by atoms with van der Waals surface area (Å²) in [7, 11) is -3.50. The zero-order valence-corrected chi connectivity index (χ0v) is 19.1. The van der Waals surface area contributed by atoms with E-state index in [0.717, 1.165) is 29.7 Å². The first-order chi connectivity index (χ1) is 14.3. The second-order valence-electron chi connectivity index (χ2n) is 7.73. The molecule has 2 aromatic carbocycles. The van der Waals surface area contributed by atoms with Crippen LogP contribution in [-0.4, -0.2) is 31.7 Å². The van der Waals surface area contributed by atoms with Gasteiger partial charge in [-0.15, -0.1) is 0 Å². The number of amides is 1. The summed E-state index contributed by atoms with van der Waals surface area (Å²) in [5.74, 6) is -0.540. The third kappa shape index (κ3) is 5.42. The van der Waals surface area contributed by atoms with Crippen LogP contribution in [0.25, 0.3) is 0 Å². The standard InChI is InChI=1S/C23H29ClN2O3S/c1-3-18-7-5-8-19(4-2)22(18)25-23(27)20-9-6-14-26(15-20)30(28,29)16-17-10-12-21(24)13-11-17/h5,7-8,10-13,20H,3-4,6,9,14-16H2,1-2H3,(H,25,27)/t20-/m0/s1. The second-order valence-corrected chi connectivity index (χ2v) is 10.1. The number of carbonyl (C=O) groups is 1. The maximum atomic E-state index is 13.0. The largest absolute Gasteiger partial charge is 0.325 e. The molecule has 1 heterocycles. The lowest BCUT2D eigenvalue weighted by Gasteiger charge is -2.31. The zero-order valence-electron chi connectivity index (χ0n) is 17.5. The number of para-hydroxylation sites is 1. The molecule has 1 aliphatic heterocycles. The molecule has 0 unspecified atom stereocenters. The van der Waals surface area contributed by atoms with Crippen LogP contribution in [0.4, 0.5) is 5.69 Å². The van der Waals surface area contributed by atoms with Gasteiger partial charge in [0.2, 0.25) is 15.9 Å². The van der Waals surface area contributed by atoms with Crippen LogP contribution in [-0.2, 0) is 33.4 Å². The smallest absolute Gasteiger partial charge is 0.228 e. The minimum atomic E-state index is -3.50. The minimum Gasteiger partial charge on any atom is -0.325 e. The van der Waals surface area contributed by atoms with E-state index in [-0.39, 0.29) is 24.1 Å². The third-order valence-electron chi connectivity index (χ3n) is 5.66.